The molecule has 0 rings (SSSR count). The summed E-state index contributed by atoms with van der Waals surface area (Å²) in [6.45, 7) is 5.31. The van der Waals surface area contributed by atoms with Crippen LogP contribution in [0.4, 0.5) is 0 Å². The van der Waals surface area contributed by atoms with Gasteiger partial charge in [-0.05, 0) is 6.42 Å². The second-order valence-corrected chi connectivity index (χ2v) is 4.96. The molecule has 0 amide bonds. The molecule has 0 aromatic carbocycles. The molecule has 0 spiro atoms. The highest BCUT2D eigenvalue weighted by Gasteiger charge is 2.25. The van der Waals surface area contributed by atoms with Gasteiger partial charge in [0.2, 0.25) is 0 Å². The van der Waals surface area contributed by atoms with Gasteiger partial charge >= 0.3 is 5.97 Å². The van der Waals surface area contributed by atoms with E-state index in [1.807, 2.05) is 6.92 Å². The van der Waals surface area contributed by atoms with Crippen LogP contribution in [0, 0.1) is 5.92 Å². The van der Waals surface area contributed by atoms with Crippen molar-refractivity contribution >= 4 is 22.8 Å². The Labute approximate surface area is 89.3 Å². The predicted molar refractivity (Wildman–Crippen MR) is 58.4 cm³/mol. The number of rotatable bonds is 6. The maximum absolute atomic E-state index is 10.9. The third-order valence-corrected chi connectivity index (χ3v) is 3.14. The average molecular weight is 218 g/mol. The lowest BCUT2D eigenvalue weighted by atomic mass is 9.99. The van der Waals surface area contributed by atoms with Crippen molar-refractivity contribution in [3.05, 3.63) is 0 Å². The minimum atomic E-state index is -0.792. The first-order chi connectivity index (χ1) is 6.49. The number of carbonyl (C=O) groups excluding carboxylic acids is 1. The molecule has 2 atom stereocenters. The van der Waals surface area contributed by atoms with Crippen LogP contribution in [0.2, 0.25) is 0 Å². The molecule has 1 unspecified atom stereocenters. The summed E-state index contributed by atoms with van der Waals surface area (Å²) >= 11 is 1.12. The molecule has 3 nitrogen and oxygen atoms in total. The molecule has 0 saturated carbocycles. The van der Waals surface area contributed by atoms with Gasteiger partial charge in [-0.3, -0.25) is 9.59 Å². The largest absolute Gasteiger partial charge is 0.481 e. The number of thioether (sulfide) groups is 1. The summed E-state index contributed by atoms with van der Waals surface area (Å²) in [7, 11) is 0. The summed E-state index contributed by atoms with van der Waals surface area (Å²) < 4.78 is 0. The Kier molecular flexibility index (Phi) is 6.62. The Morgan fingerprint density at radius 2 is 2.00 bits per heavy atom. The van der Waals surface area contributed by atoms with Gasteiger partial charge in [-0.25, -0.2) is 0 Å². The van der Waals surface area contributed by atoms with Gasteiger partial charge < -0.3 is 5.11 Å². The lowest BCUT2D eigenvalue weighted by Gasteiger charge is -2.17. The van der Waals surface area contributed by atoms with E-state index in [9.17, 15) is 9.59 Å². The highest BCUT2D eigenvalue weighted by Crippen LogP contribution is 2.24. The molecule has 0 saturated heterocycles. The molecule has 14 heavy (non-hydrogen) atoms. The molecule has 0 aliphatic rings. The number of hydrogen-bond donors (Lipinski definition) is 1. The summed E-state index contributed by atoms with van der Waals surface area (Å²) in [5, 5.41) is 8.82. The molecular formula is C10H18O3S. The minimum Gasteiger partial charge on any atom is -0.481 e. The second kappa shape index (κ2) is 6.87. The van der Waals surface area contributed by atoms with Crippen LogP contribution in [0.15, 0.2) is 0 Å². The van der Waals surface area contributed by atoms with E-state index in [2.05, 4.69) is 0 Å². The number of carboxylic acid groups (broad SMARTS) is 1. The molecule has 0 bridgehead atoms. The zero-order chi connectivity index (χ0) is 11.1. The fourth-order valence-corrected chi connectivity index (χ4v) is 2.27. The first-order valence-electron chi connectivity index (χ1n) is 4.89. The summed E-state index contributed by atoms with van der Waals surface area (Å²) in [5.41, 5.74) is 0. The Balaban J connectivity index is 4.18. The van der Waals surface area contributed by atoms with Crippen LogP contribution in [0.25, 0.3) is 0 Å². The van der Waals surface area contributed by atoms with E-state index in [1.54, 1.807) is 6.92 Å². The summed E-state index contributed by atoms with van der Waals surface area (Å²) in [6.07, 6.45) is 2.55. The lowest BCUT2D eigenvalue weighted by molar-refractivity contribution is -0.141. The highest BCUT2D eigenvalue weighted by atomic mass is 32.2. The van der Waals surface area contributed by atoms with Gasteiger partial charge in [0, 0.05) is 12.2 Å². The molecule has 0 aliphatic carbocycles. The van der Waals surface area contributed by atoms with Crippen LogP contribution in [0.3, 0.4) is 0 Å². The normalized spacial score (nSPS) is 14.8. The Morgan fingerprint density at radius 1 is 1.43 bits per heavy atom. The Hall–Kier alpha value is -0.510. The molecule has 0 radical (unpaired) electrons. The number of aliphatic carboxylic acids is 1. The van der Waals surface area contributed by atoms with Crippen LogP contribution < -0.4 is 0 Å². The third kappa shape index (κ3) is 5.27. The zero-order valence-electron chi connectivity index (χ0n) is 8.95. The van der Waals surface area contributed by atoms with Crippen LogP contribution in [0.5, 0.6) is 0 Å². The van der Waals surface area contributed by atoms with E-state index < -0.39 is 11.9 Å². The van der Waals surface area contributed by atoms with Gasteiger partial charge in [-0.1, -0.05) is 38.5 Å². The van der Waals surface area contributed by atoms with Crippen LogP contribution >= 0.6 is 11.8 Å². The summed E-state index contributed by atoms with van der Waals surface area (Å²) in [5.74, 6) is -1.19. The number of unbranched alkanes of at least 4 members (excludes halogenated alkanes) is 1. The van der Waals surface area contributed by atoms with E-state index in [1.165, 1.54) is 6.92 Å². The maximum Gasteiger partial charge on any atom is 0.307 e. The zero-order valence-corrected chi connectivity index (χ0v) is 9.76. The predicted octanol–water partition coefficient (Wildman–Crippen LogP) is 2.55. The quantitative estimate of drug-likeness (QED) is 0.744. The Bertz CT molecular complexity index is 204. The monoisotopic (exact) mass is 218 g/mol. The van der Waals surface area contributed by atoms with Crippen LogP contribution in [0.1, 0.15) is 40.0 Å². The SMILES string of the molecule is CCCCC(C(=O)O)[C@H](C)SC(C)=O. The molecule has 4 heteroatoms. The van der Waals surface area contributed by atoms with E-state index in [4.69, 9.17) is 5.11 Å². The molecule has 0 aromatic heterocycles. The fraction of sp³-hybridized carbons (Fsp3) is 0.800. The van der Waals surface area contributed by atoms with E-state index in [-0.39, 0.29) is 10.4 Å². The minimum absolute atomic E-state index is 0.0137. The van der Waals surface area contributed by atoms with Crippen LogP contribution in [-0.4, -0.2) is 21.4 Å². The maximum atomic E-state index is 10.9. The van der Waals surface area contributed by atoms with Crippen molar-refractivity contribution in [3.63, 3.8) is 0 Å². The first kappa shape index (κ1) is 13.5. The van der Waals surface area contributed by atoms with Gasteiger partial charge in [0.05, 0.1) is 5.92 Å². The molecule has 82 valence electrons. The van der Waals surface area contributed by atoms with Crippen molar-refractivity contribution in [2.45, 2.75) is 45.3 Å². The third-order valence-electron chi connectivity index (χ3n) is 2.10. The molecule has 0 heterocycles. The second-order valence-electron chi connectivity index (χ2n) is 3.40. The van der Waals surface area contributed by atoms with Gasteiger partial charge in [0.15, 0.2) is 5.12 Å². The lowest BCUT2D eigenvalue weighted by Crippen LogP contribution is -2.24. The number of hydrogen-bond acceptors (Lipinski definition) is 3. The van der Waals surface area contributed by atoms with E-state index in [0.29, 0.717) is 6.42 Å². The first-order valence-corrected chi connectivity index (χ1v) is 5.77. The van der Waals surface area contributed by atoms with Gasteiger partial charge in [0.25, 0.3) is 0 Å². The standard InChI is InChI=1S/C10H18O3S/c1-4-5-6-9(10(12)13)7(2)14-8(3)11/h7,9H,4-6H2,1-3H3,(H,12,13)/t7-,9?/m0/s1. The van der Waals surface area contributed by atoms with Gasteiger partial charge in [-0.15, -0.1) is 0 Å². The van der Waals surface area contributed by atoms with Crippen molar-refractivity contribution in [2.75, 3.05) is 0 Å². The van der Waals surface area contributed by atoms with Crippen molar-refractivity contribution in [3.8, 4) is 0 Å². The van der Waals surface area contributed by atoms with E-state index in [0.717, 1.165) is 24.6 Å². The van der Waals surface area contributed by atoms with Gasteiger partial charge in [0.1, 0.15) is 0 Å². The topological polar surface area (TPSA) is 54.4 Å². The molecular weight excluding hydrogens is 200 g/mol. The van der Waals surface area contributed by atoms with Crippen molar-refractivity contribution in [1.29, 1.82) is 0 Å². The highest BCUT2D eigenvalue weighted by molar-refractivity contribution is 8.14. The number of carbonyl (C=O) groups is 2. The van der Waals surface area contributed by atoms with Crippen molar-refractivity contribution in [2.24, 2.45) is 5.92 Å². The van der Waals surface area contributed by atoms with Crippen molar-refractivity contribution in [1.82, 2.24) is 0 Å². The fourth-order valence-electron chi connectivity index (χ4n) is 1.33. The molecule has 0 aromatic rings. The molecule has 0 aliphatic heterocycles. The van der Waals surface area contributed by atoms with Gasteiger partial charge in [-0.2, -0.15) is 0 Å². The molecule has 1 N–H and O–H groups in total. The smallest absolute Gasteiger partial charge is 0.307 e. The Morgan fingerprint density at radius 3 is 2.36 bits per heavy atom. The van der Waals surface area contributed by atoms with Crippen molar-refractivity contribution < 1.29 is 14.7 Å². The van der Waals surface area contributed by atoms with E-state index >= 15 is 0 Å². The average Bonchev–Trinajstić information content (AvgIpc) is 2.02. The summed E-state index contributed by atoms with van der Waals surface area (Å²) in [6, 6.07) is 0. The molecule has 0 fully saturated rings. The number of carboxylic acids is 1. The summed E-state index contributed by atoms with van der Waals surface area (Å²) in [4.78, 5) is 21.7. The van der Waals surface area contributed by atoms with Crippen LogP contribution in [-0.2, 0) is 9.59 Å².